The molecule has 1 rings (SSSR count). The number of guanidine groups is 1. The Morgan fingerprint density at radius 1 is 1.32 bits per heavy atom. The van der Waals surface area contributed by atoms with Crippen LogP contribution in [0.1, 0.15) is 12.5 Å². The van der Waals surface area contributed by atoms with E-state index in [-0.39, 0.29) is 29.8 Å². The van der Waals surface area contributed by atoms with E-state index in [2.05, 4.69) is 21.9 Å². The first-order valence-electron chi connectivity index (χ1n) is 7.05. The third kappa shape index (κ3) is 7.53. The fourth-order valence-corrected chi connectivity index (χ4v) is 2.10. The summed E-state index contributed by atoms with van der Waals surface area (Å²) in [6.07, 6.45) is 2.07. The zero-order valence-electron chi connectivity index (χ0n) is 13.6. The van der Waals surface area contributed by atoms with Crippen LogP contribution in [0.15, 0.2) is 23.2 Å². The Hall–Kier alpha value is -0.700. The van der Waals surface area contributed by atoms with Crippen molar-refractivity contribution in [2.24, 2.45) is 4.99 Å². The van der Waals surface area contributed by atoms with Crippen LogP contribution in [-0.2, 0) is 6.54 Å². The van der Waals surface area contributed by atoms with Gasteiger partial charge in [0.25, 0.3) is 0 Å². The summed E-state index contributed by atoms with van der Waals surface area (Å²) in [5.74, 6) is 1.58. The molecule has 0 radical (unpaired) electrons. The van der Waals surface area contributed by atoms with Gasteiger partial charge in [-0.15, -0.1) is 24.0 Å². The first kappa shape index (κ1) is 21.3. The van der Waals surface area contributed by atoms with Gasteiger partial charge >= 0.3 is 0 Å². The Morgan fingerprint density at radius 2 is 2.05 bits per heavy atom. The molecule has 7 heteroatoms. The van der Waals surface area contributed by atoms with Crippen molar-refractivity contribution in [3.8, 4) is 0 Å². The molecule has 0 bridgehead atoms. The van der Waals surface area contributed by atoms with Crippen molar-refractivity contribution in [3.63, 3.8) is 0 Å². The van der Waals surface area contributed by atoms with Gasteiger partial charge in [0.15, 0.2) is 5.96 Å². The van der Waals surface area contributed by atoms with Crippen LogP contribution in [0.5, 0.6) is 0 Å². The number of anilines is 1. The van der Waals surface area contributed by atoms with Crippen molar-refractivity contribution < 1.29 is 4.39 Å². The van der Waals surface area contributed by atoms with Gasteiger partial charge < -0.3 is 15.5 Å². The fraction of sp³-hybridized carbons (Fsp3) is 0.533. The van der Waals surface area contributed by atoms with E-state index in [1.165, 1.54) is 0 Å². The molecule has 2 N–H and O–H groups in total. The number of thioether (sulfide) groups is 1. The molecule has 0 spiro atoms. The molecule has 0 saturated heterocycles. The average molecular weight is 440 g/mol. The van der Waals surface area contributed by atoms with Crippen LogP contribution in [0.3, 0.4) is 0 Å². The third-order valence-electron chi connectivity index (χ3n) is 2.86. The van der Waals surface area contributed by atoms with Gasteiger partial charge in [0.2, 0.25) is 0 Å². The molecule has 1 aromatic rings. The molecule has 1 aromatic carbocycles. The number of hydrogen-bond donors (Lipinski definition) is 2. The predicted molar refractivity (Wildman–Crippen MR) is 107 cm³/mol. The van der Waals surface area contributed by atoms with Crippen molar-refractivity contribution in [2.75, 3.05) is 44.1 Å². The summed E-state index contributed by atoms with van der Waals surface area (Å²) in [4.78, 5) is 6.24. The van der Waals surface area contributed by atoms with Crippen molar-refractivity contribution in [2.45, 2.75) is 13.5 Å². The maximum absolute atomic E-state index is 13.9. The maximum atomic E-state index is 13.9. The molecule has 0 atom stereocenters. The quantitative estimate of drug-likeness (QED) is 0.296. The number of aliphatic imine (C=N–C) groups is 1. The molecule has 0 heterocycles. The molecule has 126 valence electrons. The minimum Gasteiger partial charge on any atom is -0.375 e. The van der Waals surface area contributed by atoms with E-state index in [0.29, 0.717) is 12.2 Å². The number of benzene rings is 1. The van der Waals surface area contributed by atoms with E-state index in [4.69, 9.17) is 0 Å². The SMILES string of the molecule is CCNC(=NCc1ccc(N(C)C)c(F)c1)NCCSC.I. The van der Waals surface area contributed by atoms with Gasteiger partial charge in [-0.1, -0.05) is 6.07 Å². The summed E-state index contributed by atoms with van der Waals surface area (Å²) in [7, 11) is 3.66. The average Bonchev–Trinajstić information content (AvgIpc) is 2.44. The van der Waals surface area contributed by atoms with E-state index in [0.717, 1.165) is 30.4 Å². The van der Waals surface area contributed by atoms with Crippen molar-refractivity contribution in [3.05, 3.63) is 29.6 Å². The fourth-order valence-electron chi connectivity index (χ4n) is 1.80. The zero-order valence-corrected chi connectivity index (χ0v) is 16.8. The molecule has 4 nitrogen and oxygen atoms in total. The first-order valence-corrected chi connectivity index (χ1v) is 8.44. The highest BCUT2D eigenvalue weighted by molar-refractivity contribution is 14.0. The van der Waals surface area contributed by atoms with Gasteiger partial charge in [0.1, 0.15) is 5.82 Å². The van der Waals surface area contributed by atoms with Crippen LogP contribution in [0.25, 0.3) is 0 Å². The van der Waals surface area contributed by atoms with Crippen LogP contribution in [0, 0.1) is 5.82 Å². The number of rotatable bonds is 7. The summed E-state index contributed by atoms with van der Waals surface area (Å²) in [5, 5.41) is 6.44. The van der Waals surface area contributed by atoms with Crippen LogP contribution in [0.4, 0.5) is 10.1 Å². The summed E-state index contributed by atoms with van der Waals surface area (Å²) in [6.45, 7) is 4.15. The van der Waals surface area contributed by atoms with Crippen LogP contribution in [-0.4, -0.2) is 45.2 Å². The second-order valence-corrected chi connectivity index (χ2v) is 5.78. The standard InChI is InChI=1S/C15H25FN4S.HI/c1-5-17-15(18-8-9-21-4)19-11-12-6-7-14(20(2)3)13(16)10-12;/h6-7,10H,5,8-9,11H2,1-4H3,(H2,17,18,19);1H. The Balaban J connectivity index is 0.00000441. The molecule has 0 aromatic heterocycles. The van der Waals surface area contributed by atoms with E-state index in [1.54, 1.807) is 28.8 Å². The molecule has 22 heavy (non-hydrogen) atoms. The van der Waals surface area contributed by atoms with Gasteiger partial charge in [0, 0.05) is 32.9 Å². The van der Waals surface area contributed by atoms with E-state index in [1.807, 2.05) is 27.1 Å². The number of nitrogens with one attached hydrogen (secondary N) is 2. The van der Waals surface area contributed by atoms with E-state index < -0.39 is 0 Å². The highest BCUT2D eigenvalue weighted by Gasteiger charge is 2.05. The number of halogens is 2. The molecule has 0 fully saturated rings. The Labute approximate surface area is 154 Å². The molecule has 0 unspecified atom stereocenters. The van der Waals surface area contributed by atoms with Crippen molar-refractivity contribution >= 4 is 47.4 Å². The van der Waals surface area contributed by atoms with Gasteiger partial charge in [-0.25, -0.2) is 9.38 Å². The van der Waals surface area contributed by atoms with Crippen LogP contribution < -0.4 is 15.5 Å². The predicted octanol–water partition coefficient (Wildman–Crippen LogP) is 2.93. The maximum Gasteiger partial charge on any atom is 0.191 e. The number of nitrogens with zero attached hydrogens (tertiary/aromatic N) is 2. The van der Waals surface area contributed by atoms with E-state index >= 15 is 0 Å². The lowest BCUT2D eigenvalue weighted by Gasteiger charge is -2.14. The minimum absolute atomic E-state index is 0. The molecular weight excluding hydrogens is 414 g/mol. The Bertz CT molecular complexity index is 469. The van der Waals surface area contributed by atoms with Gasteiger partial charge in [-0.3, -0.25) is 0 Å². The largest absolute Gasteiger partial charge is 0.375 e. The first-order chi connectivity index (χ1) is 10.1. The monoisotopic (exact) mass is 440 g/mol. The molecule has 0 aliphatic carbocycles. The summed E-state index contributed by atoms with van der Waals surface area (Å²) in [5.41, 5.74) is 1.45. The van der Waals surface area contributed by atoms with Gasteiger partial charge in [-0.05, 0) is 30.9 Å². The topological polar surface area (TPSA) is 39.7 Å². The van der Waals surface area contributed by atoms with Crippen molar-refractivity contribution in [1.82, 2.24) is 10.6 Å². The summed E-state index contributed by atoms with van der Waals surface area (Å²) < 4.78 is 13.9. The minimum atomic E-state index is -0.215. The van der Waals surface area contributed by atoms with Gasteiger partial charge in [0.05, 0.1) is 12.2 Å². The smallest absolute Gasteiger partial charge is 0.191 e. The number of hydrogen-bond acceptors (Lipinski definition) is 3. The second kappa shape index (κ2) is 11.8. The normalized spacial score (nSPS) is 10.9. The van der Waals surface area contributed by atoms with Crippen LogP contribution in [0.2, 0.25) is 0 Å². The molecular formula is C15H26FIN4S. The van der Waals surface area contributed by atoms with Crippen molar-refractivity contribution in [1.29, 1.82) is 0 Å². The summed E-state index contributed by atoms with van der Waals surface area (Å²) in [6, 6.07) is 5.24. The summed E-state index contributed by atoms with van der Waals surface area (Å²) >= 11 is 1.78. The lowest BCUT2D eigenvalue weighted by molar-refractivity contribution is 0.624. The zero-order chi connectivity index (χ0) is 15.7. The lowest BCUT2D eigenvalue weighted by Crippen LogP contribution is -2.38. The van der Waals surface area contributed by atoms with E-state index in [9.17, 15) is 4.39 Å². The molecule has 0 aliphatic rings. The molecule has 0 amide bonds. The molecule has 0 aliphatic heterocycles. The third-order valence-corrected chi connectivity index (χ3v) is 3.47. The Kier molecular flexibility index (Phi) is 11.4. The lowest BCUT2D eigenvalue weighted by atomic mass is 10.2. The Morgan fingerprint density at radius 3 is 2.59 bits per heavy atom. The molecule has 0 saturated carbocycles. The van der Waals surface area contributed by atoms with Crippen LogP contribution >= 0.6 is 35.7 Å². The van der Waals surface area contributed by atoms with Gasteiger partial charge in [-0.2, -0.15) is 11.8 Å². The highest BCUT2D eigenvalue weighted by Crippen LogP contribution is 2.18. The second-order valence-electron chi connectivity index (χ2n) is 4.79. The highest BCUT2D eigenvalue weighted by atomic mass is 127.